The second-order valence-corrected chi connectivity index (χ2v) is 5.06. The van der Waals surface area contributed by atoms with Crippen LogP contribution in [0, 0.1) is 0 Å². The molecule has 0 aliphatic heterocycles. The highest BCUT2D eigenvalue weighted by Gasteiger charge is 2.39. The smallest absolute Gasteiger partial charge is 0.157 e. The number of hydrogen-bond donors (Lipinski definition) is 1. The Balaban J connectivity index is 2.09. The van der Waals surface area contributed by atoms with Crippen LogP contribution in [0.1, 0.15) is 24.8 Å². The molecule has 1 saturated carbocycles. The van der Waals surface area contributed by atoms with E-state index in [4.69, 9.17) is 5.73 Å². The Morgan fingerprint density at radius 2 is 2.07 bits per heavy atom. The van der Waals surface area contributed by atoms with Gasteiger partial charge in [0, 0.05) is 10.9 Å². The van der Waals surface area contributed by atoms with Gasteiger partial charge in [-0.25, -0.2) is 0 Å². The zero-order valence-electron chi connectivity index (χ0n) is 8.50. The van der Waals surface area contributed by atoms with Crippen molar-refractivity contribution in [1.29, 1.82) is 0 Å². The lowest BCUT2D eigenvalue weighted by Gasteiger charge is -2.36. The van der Waals surface area contributed by atoms with Gasteiger partial charge in [0.15, 0.2) is 5.78 Å². The summed E-state index contributed by atoms with van der Waals surface area (Å²) in [4.78, 5) is 11.9. The predicted molar refractivity (Wildman–Crippen MR) is 63.6 cm³/mol. The summed E-state index contributed by atoms with van der Waals surface area (Å²) in [6, 6.07) is 7.80. The molecule has 0 saturated heterocycles. The molecule has 0 radical (unpaired) electrons. The van der Waals surface area contributed by atoms with E-state index in [0.29, 0.717) is 6.42 Å². The van der Waals surface area contributed by atoms with Gasteiger partial charge in [0.25, 0.3) is 0 Å². The molecule has 1 aromatic carbocycles. The quantitative estimate of drug-likeness (QED) is 0.914. The third kappa shape index (κ3) is 2.13. The largest absolute Gasteiger partial charge is 0.319 e. The molecule has 0 atom stereocenters. The highest BCUT2D eigenvalue weighted by atomic mass is 79.9. The van der Waals surface area contributed by atoms with Crippen LogP contribution in [0.3, 0.4) is 0 Å². The van der Waals surface area contributed by atoms with E-state index in [2.05, 4.69) is 15.9 Å². The van der Waals surface area contributed by atoms with Gasteiger partial charge in [0.05, 0.1) is 5.54 Å². The summed E-state index contributed by atoms with van der Waals surface area (Å²) < 4.78 is 0.987. The standard InChI is InChI=1S/C12H14BrNO/c13-10-5-2-1-4-9(10)8-11(15)12(14)6-3-7-12/h1-2,4-5H,3,6-8,14H2. The SMILES string of the molecule is NC1(C(=O)Cc2ccccc2Br)CCC1. The maximum atomic E-state index is 11.9. The van der Waals surface area contributed by atoms with E-state index in [1.165, 1.54) is 0 Å². The van der Waals surface area contributed by atoms with Gasteiger partial charge in [-0.05, 0) is 30.9 Å². The van der Waals surface area contributed by atoms with Crippen molar-refractivity contribution >= 4 is 21.7 Å². The Morgan fingerprint density at radius 3 is 2.60 bits per heavy atom. The molecule has 3 heteroatoms. The van der Waals surface area contributed by atoms with Crippen LogP contribution in [0.15, 0.2) is 28.7 Å². The summed E-state index contributed by atoms with van der Waals surface area (Å²) in [5, 5.41) is 0. The fraction of sp³-hybridized carbons (Fsp3) is 0.417. The summed E-state index contributed by atoms with van der Waals surface area (Å²) in [5.41, 5.74) is 6.47. The molecule has 0 spiro atoms. The highest BCUT2D eigenvalue weighted by molar-refractivity contribution is 9.10. The Kier molecular flexibility index (Phi) is 2.94. The van der Waals surface area contributed by atoms with Gasteiger partial charge in [-0.3, -0.25) is 4.79 Å². The lowest BCUT2D eigenvalue weighted by atomic mass is 9.73. The number of nitrogens with two attached hydrogens (primary N) is 1. The monoisotopic (exact) mass is 267 g/mol. The van der Waals surface area contributed by atoms with Gasteiger partial charge in [-0.2, -0.15) is 0 Å². The Hall–Kier alpha value is -0.670. The van der Waals surface area contributed by atoms with Crippen molar-refractivity contribution in [2.24, 2.45) is 5.73 Å². The summed E-state index contributed by atoms with van der Waals surface area (Å²) in [6.07, 6.45) is 3.21. The number of hydrogen-bond acceptors (Lipinski definition) is 2. The maximum Gasteiger partial charge on any atom is 0.157 e. The average Bonchev–Trinajstić information content (AvgIpc) is 2.18. The zero-order valence-corrected chi connectivity index (χ0v) is 10.1. The van der Waals surface area contributed by atoms with E-state index < -0.39 is 5.54 Å². The maximum absolute atomic E-state index is 11.9. The van der Waals surface area contributed by atoms with Crippen LogP contribution in [-0.2, 0) is 11.2 Å². The van der Waals surface area contributed by atoms with Crippen LogP contribution in [0.25, 0.3) is 0 Å². The van der Waals surface area contributed by atoms with Crippen molar-refractivity contribution in [2.75, 3.05) is 0 Å². The number of ketones is 1. The van der Waals surface area contributed by atoms with Crippen molar-refractivity contribution < 1.29 is 4.79 Å². The number of halogens is 1. The van der Waals surface area contributed by atoms with Crippen molar-refractivity contribution in [3.63, 3.8) is 0 Å². The van der Waals surface area contributed by atoms with Gasteiger partial charge in [-0.15, -0.1) is 0 Å². The summed E-state index contributed by atoms with van der Waals surface area (Å²) in [6.45, 7) is 0. The minimum atomic E-state index is -0.532. The molecule has 1 fully saturated rings. The Morgan fingerprint density at radius 1 is 1.40 bits per heavy atom. The summed E-state index contributed by atoms with van der Waals surface area (Å²) >= 11 is 3.44. The molecule has 2 N–H and O–H groups in total. The molecule has 80 valence electrons. The first kappa shape index (κ1) is 10.8. The molecule has 2 rings (SSSR count). The van der Waals surface area contributed by atoms with Crippen LogP contribution < -0.4 is 5.73 Å². The van der Waals surface area contributed by atoms with E-state index in [9.17, 15) is 4.79 Å². The molecule has 0 bridgehead atoms. The molecule has 15 heavy (non-hydrogen) atoms. The van der Waals surface area contributed by atoms with E-state index in [1.807, 2.05) is 24.3 Å². The molecule has 0 aromatic heterocycles. The number of benzene rings is 1. The second-order valence-electron chi connectivity index (χ2n) is 4.20. The fourth-order valence-electron chi connectivity index (χ4n) is 1.83. The zero-order chi connectivity index (χ0) is 10.9. The first-order valence-electron chi connectivity index (χ1n) is 5.17. The van der Waals surface area contributed by atoms with Gasteiger partial charge in [0.1, 0.15) is 0 Å². The predicted octanol–water partition coefficient (Wildman–Crippen LogP) is 2.44. The number of rotatable bonds is 3. The molecular weight excluding hydrogens is 254 g/mol. The van der Waals surface area contributed by atoms with Crippen molar-refractivity contribution in [3.8, 4) is 0 Å². The van der Waals surface area contributed by atoms with Crippen LogP contribution in [-0.4, -0.2) is 11.3 Å². The van der Waals surface area contributed by atoms with Crippen molar-refractivity contribution in [3.05, 3.63) is 34.3 Å². The Labute approximate surface area is 98.0 Å². The second kappa shape index (κ2) is 4.06. The topological polar surface area (TPSA) is 43.1 Å². The van der Waals surface area contributed by atoms with Crippen LogP contribution in [0.2, 0.25) is 0 Å². The van der Waals surface area contributed by atoms with E-state index in [0.717, 1.165) is 29.3 Å². The minimum Gasteiger partial charge on any atom is -0.319 e. The average molecular weight is 268 g/mol. The molecule has 1 aromatic rings. The molecule has 1 aliphatic carbocycles. The third-order valence-corrected chi connectivity index (χ3v) is 3.88. The molecule has 0 unspecified atom stereocenters. The number of carbonyl (C=O) groups excluding carboxylic acids is 1. The number of Topliss-reactive ketones (excluding diaryl/α,β-unsaturated/α-hetero) is 1. The molecule has 1 aliphatic rings. The van der Waals surface area contributed by atoms with Gasteiger partial charge in [-0.1, -0.05) is 34.1 Å². The molecular formula is C12H14BrNO. The van der Waals surface area contributed by atoms with Crippen molar-refractivity contribution in [1.82, 2.24) is 0 Å². The molecule has 2 nitrogen and oxygen atoms in total. The van der Waals surface area contributed by atoms with E-state index >= 15 is 0 Å². The van der Waals surface area contributed by atoms with E-state index in [-0.39, 0.29) is 5.78 Å². The lowest BCUT2D eigenvalue weighted by Crippen LogP contribution is -2.54. The van der Waals surface area contributed by atoms with Gasteiger partial charge in [0.2, 0.25) is 0 Å². The first-order valence-corrected chi connectivity index (χ1v) is 5.97. The van der Waals surface area contributed by atoms with Gasteiger partial charge < -0.3 is 5.73 Å². The van der Waals surface area contributed by atoms with Crippen LogP contribution >= 0.6 is 15.9 Å². The lowest BCUT2D eigenvalue weighted by molar-refractivity contribution is -0.126. The normalized spacial score (nSPS) is 18.3. The molecule has 0 heterocycles. The number of carbonyl (C=O) groups is 1. The third-order valence-electron chi connectivity index (χ3n) is 3.11. The van der Waals surface area contributed by atoms with E-state index in [1.54, 1.807) is 0 Å². The first-order chi connectivity index (χ1) is 7.12. The fourth-order valence-corrected chi connectivity index (χ4v) is 2.25. The molecule has 0 amide bonds. The Bertz CT molecular complexity index is 385. The van der Waals surface area contributed by atoms with Crippen molar-refractivity contribution in [2.45, 2.75) is 31.2 Å². The summed E-state index contributed by atoms with van der Waals surface area (Å²) in [7, 11) is 0. The van der Waals surface area contributed by atoms with Crippen LogP contribution in [0.4, 0.5) is 0 Å². The van der Waals surface area contributed by atoms with Gasteiger partial charge >= 0.3 is 0 Å². The highest BCUT2D eigenvalue weighted by Crippen LogP contribution is 2.31. The minimum absolute atomic E-state index is 0.167. The summed E-state index contributed by atoms with van der Waals surface area (Å²) in [5.74, 6) is 0.167. The van der Waals surface area contributed by atoms with Crippen LogP contribution in [0.5, 0.6) is 0 Å².